The van der Waals surface area contributed by atoms with Gasteiger partial charge < -0.3 is 9.84 Å². The lowest BCUT2D eigenvalue weighted by Gasteiger charge is -2.30. The highest BCUT2D eigenvalue weighted by atomic mass is 16.5. The number of nitrogens with zero attached hydrogens (tertiary/aromatic N) is 1. The Hall–Kier alpha value is -3.11. The van der Waals surface area contributed by atoms with Crippen molar-refractivity contribution in [1.29, 1.82) is 0 Å². The molecule has 1 aliphatic heterocycles. The molecule has 0 spiro atoms. The number of carbonyl (C=O) groups is 1. The Kier molecular flexibility index (Phi) is 4.19. The molecule has 1 heterocycles. The molecule has 130 valence electrons. The Morgan fingerprint density at radius 1 is 0.923 bits per heavy atom. The Morgan fingerprint density at radius 2 is 1.58 bits per heavy atom. The van der Waals surface area contributed by atoms with Gasteiger partial charge in [-0.1, -0.05) is 48.5 Å². The first-order chi connectivity index (χ1) is 12.7. The second kappa shape index (κ2) is 6.65. The summed E-state index contributed by atoms with van der Waals surface area (Å²) in [7, 11) is 1.60. The minimum atomic E-state index is -0.828. The average molecular weight is 345 g/mol. The van der Waals surface area contributed by atoms with Crippen molar-refractivity contribution in [2.24, 2.45) is 0 Å². The highest BCUT2D eigenvalue weighted by Crippen LogP contribution is 2.44. The molecule has 0 aliphatic carbocycles. The van der Waals surface area contributed by atoms with Crippen LogP contribution in [0.3, 0.4) is 0 Å². The number of methoxy groups -OCH3 is 1. The van der Waals surface area contributed by atoms with Gasteiger partial charge in [0.2, 0.25) is 0 Å². The predicted octanol–water partition coefficient (Wildman–Crippen LogP) is 4.13. The quantitative estimate of drug-likeness (QED) is 0.773. The van der Waals surface area contributed by atoms with Crippen molar-refractivity contribution in [1.82, 2.24) is 0 Å². The number of fused-ring (bicyclic) bond motifs is 1. The van der Waals surface area contributed by atoms with Crippen molar-refractivity contribution in [3.63, 3.8) is 0 Å². The third kappa shape index (κ3) is 2.65. The number of carbonyl (C=O) groups excluding carboxylic acids is 1. The molecule has 4 rings (SSSR count). The average Bonchev–Trinajstić information content (AvgIpc) is 3.01. The fraction of sp³-hybridized carbons (Fsp3) is 0.136. The number of amides is 1. The van der Waals surface area contributed by atoms with Crippen LogP contribution in [-0.2, 0) is 0 Å². The van der Waals surface area contributed by atoms with Gasteiger partial charge in [-0.15, -0.1) is 0 Å². The van der Waals surface area contributed by atoms with Gasteiger partial charge in [0.05, 0.1) is 13.2 Å². The van der Waals surface area contributed by atoms with Crippen LogP contribution in [0.15, 0.2) is 78.9 Å². The molecule has 0 aromatic heterocycles. The van der Waals surface area contributed by atoms with Gasteiger partial charge in [-0.05, 0) is 41.5 Å². The number of aliphatic hydroxyl groups excluding tert-OH is 1. The van der Waals surface area contributed by atoms with Crippen LogP contribution in [-0.4, -0.2) is 18.1 Å². The van der Waals surface area contributed by atoms with E-state index < -0.39 is 12.1 Å². The van der Waals surface area contributed by atoms with Gasteiger partial charge in [0.15, 0.2) is 0 Å². The van der Waals surface area contributed by atoms with Gasteiger partial charge in [0.1, 0.15) is 11.9 Å². The second-order valence-electron chi connectivity index (χ2n) is 6.26. The predicted molar refractivity (Wildman–Crippen MR) is 100 cm³/mol. The third-order valence-corrected chi connectivity index (χ3v) is 4.80. The monoisotopic (exact) mass is 345 g/mol. The Balaban J connectivity index is 1.81. The maximum atomic E-state index is 13.1. The van der Waals surface area contributed by atoms with E-state index in [-0.39, 0.29) is 5.91 Å². The maximum Gasteiger partial charge on any atom is 0.259 e. The van der Waals surface area contributed by atoms with Crippen LogP contribution >= 0.6 is 0 Å². The molecule has 4 nitrogen and oxygen atoms in total. The van der Waals surface area contributed by atoms with Crippen LogP contribution < -0.4 is 9.64 Å². The normalized spacial score (nSPS) is 17.1. The molecule has 4 heteroatoms. The molecule has 0 fully saturated rings. The van der Waals surface area contributed by atoms with E-state index in [9.17, 15) is 9.90 Å². The highest BCUT2D eigenvalue weighted by molar-refractivity contribution is 6.11. The Morgan fingerprint density at radius 3 is 2.27 bits per heavy atom. The van der Waals surface area contributed by atoms with E-state index in [0.717, 1.165) is 22.6 Å². The molecule has 0 radical (unpaired) electrons. The molecular weight excluding hydrogens is 326 g/mol. The number of rotatable bonds is 4. The lowest BCUT2D eigenvalue weighted by atomic mass is 9.95. The molecule has 0 saturated carbocycles. The Labute approximate surface area is 152 Å². The Bertz CT molecular complexity index is 922. The number of anilines is 1. The standard InChI is InChI=1S/C22H19NO3/c1-26-17-13-11-16(12-14-17)23-20(21(24)15-7-3-2-4-8-15)18-9-5-6-10-19(18)22(23)25/h2-14,20-21,24H,1H3. The first-order valence-corrected chi connectivity index (χ1v) is 8.50. The van der Waals surface area contributed by atoms with E-state index in [4.69, 9.17) is 4.74 Å². The third-order valence-electron chi connectivity index (χ3n) is 4.80. The molecule has 1 aliphatic rings. The van der Waals surface area contributed by atoms with Crippen molar-refractivity contribution in [2.45, 2.75) is 12.1 Å². The van der Waals surface area contributed by atoms with Crippen LogP contribution in [0.5, 0.6) is 5.75 Å². The van der Waals surface area contributed by atoms with Crippen molar-refractivity contribution in [3.8, 4) is 5.75 Å². The largest absolute Gasteiger partial charge is 0.497 e. The number of benzene rings is 3. The van der Waals surface area contributed by atoms with Crippen molar-refractivity contribution >= 4 is 11.6 Å². The van der Waals surface area contributed by atoms with Crippen molar-refractivity contribution in [3.05, 3.63) is 95.6 Å². The first-order valence-electron chi connectivity index (χ1n) is 8.50. The molecule has 3 aromatic carbocycles. The summed E-state index contributed by atoms with van der Waals surface area (Å²) in [4.78, 5) is 14.7. The molecule has 1 amide bonds. The first kappa shape index (κ1) is 16.4. The van der Waals surface area contributed by atoms with Gasteiger partial charge in [-0.2, -0.15) is 0 Å². The summed E-state index contributed by atoms with van der Waals surface area (Å²) in [5.41, 5.74) is 2.97. The van der Waals surface area contributed by atoms with Gasteiger partial charge >= 0.3 is 0 Å². The van der Waals surface area contributed by atoms with E-state index in [2.05, 4.69) is 0 Å². The summed E-state index contributed by atoms with van der Waals surface area (Å²) in [5, 5.41) is 11.1. The summed E-state index contributed by atoms with van der Waals surface area (Å²) in [6.45, 7) is 0. The summed E-state index contributed by atoms with van der Waals surface area (Å²) >= 11 is 0. The van der Waals surface area contributed by atoms with Gasteiger partial charge in [-0.3, -0.25) is 9.69 Å². The molecule has 3 aromatic rings. The van der Waals surface area contributed by atoms with Gasteiger partial charge in [0.25, 0.3) is 5.91 Å². The molecule has 0 saturated heterocycles. The lowest BCUT2D eigenvalue weighted by Crippen LogP contribution is -2.31. The number of hydrogen-bond donors (Lipinski definition) is 1. The lowest BCUT2D eigenvalue weighted by molar-refractivity contribution is 0.0946. The van der Waals surface area contributed by atoms with Crippen LogP contribution in [0.2, 0.25) is 0 Å². The topological polar surface area (TPSA) is 49.8 Å². The summed E-state index contributed by atoms with van der Waals surface area (Å²) in [6.07, 6.45) is -0.828. The van der Waals surface area contributed by atoms with E-state index in [0.29, 0.717) is 5.56 Å². The van der Waals surface area contributed by atoms with E-state index >= 15 is 0 Å². The molecular formula is C22H19NO3. The minimum Gasteiger partial charge on any atom is -0.497 e. The summed E-state index contributed by atoms with van der Waals surface area (Å²) in [6, 6.07) is 23.7. The van der Waals surface area contributed by atoms with Crippen LogP contribution in [0.25, 0.3) is 0 Å². The van der Waals surface area contributed by atoms with Crippen LogP contribution in [0, 0.1) is 0 Å². The van der Waals surface area contributed by atoms with Gasteiger partial charge in [-0.25, -0.2) is 0 Å². The zero-order valence-corrected chi connectivity index (χ0v) is 14.4. The minimum absolute atomic E-state index is 0.106. The number of hydrogen-bond acceptors (Lipinski definition) is 3. The molecule has 0 bridgehead atoms. The fourth-order valence-electron chi connectivity index (χ4n) is 3.51. The zero-order chi connectivity index (χ0) is 18.1. The van der Waals surface area contributed by atoms with E-state index in [1.165, 1.54) is 0 Å². The SMILES string of the molecule is COc1ccc(N2C(=O)c3ccccc3C2C(O)c2ccccc2)cc1. The highest BCUT2D eigenvalue weighted by Gasteiger charge is 2.41. The van der Waals surface area contributed by atoms with Crippen molar-refractivity contribution < 1.29 is 14.6 Å². The van der Waals surface area contributed by atoms with Gasteiger partial charge in [0, 0.05) is 11.3 Å². The number of aliphatic hydroxyl groups is 1. The molecule has 26 heavy (non-hydrogen) atoms. The maximum absolute atomic E-state index is 13.1. The van der Waals surface area contributed by atoms with Crippen LogP contribution in [0.4, 0.5) is 5.69 Å². The fourth-order valence-corrected chi connectivity index (χ4v) is 3.51. The van der Waals surface area contributed by atoms with E-state index in [1.54, 1.807) is 12.0 Å². The molecule has 1 N–H and O–H groups in total. The van der Waals surface area contributed by atoms with Crippen molar-refractivity contribution in [2.75, 3.05) is 12.0 Å². The molecule has 2 unspecified atom stereocenters. The van der Waals surface area contributed by atoms with Crippen LogP contribution in [0.1, 0.15) is 33.6 Å². The number of ether oxygens (including phenoxy) is 1. The smallest absolute Gasteiger partial charge is 0.259 e. The van der Waals surface area contributed by atoms with E-state index in [1.807, 2.05) is 78.9 Å². The summed E-state index contributed by atoms with van der Waals surface area (Å²) < 4.78 is 5.21. The zero-order valence-electron chi connectivity index (χ0n) is 14.4. The summed E-state index contributed by atoms with van der Waals surface area (Å²) in [5.74, 6) is 0.615. The second-order valence-corrected chi connectivity index (χ2v) is 6.26. The molecule has 2 atom stereocenters.